The van der Waals surface area contributed by atoms with Crippen LogP contribution in [0.25, 0.3) is 10.2 Å². The van der Waals surface area contributed by atoms with Gasteiger partial charge in [-0.3, -0.25) is 5.41 Å². The zero-order chi connectivity index (χ0) is 15.0. The van der Waals surface area contributed by atoms with Crippen LogP contribution in [-0.2, 0) is 19.4 Å². The molecule has 112 valence electrons. The summed E-state index contributed by atoms with van der Waals surface area (Å²) in [7, 11) is 0. The Labute approximate surface area is 133 Å². The molecule has 1 aliphatic rings. The number of nitrogens with zero attached hydrogens (tertiary/aromatic N) is 2. The number of thioether (sulfide) groups is 1. The highest BCUT2D eigenvalue weighted by molar-refractivity contribution is 7.99. The fourth-order valence-corrected chi connectivity index (χ4v) is 5.21. The van der Waals surface area contributed by atoms with Gasteiger partial charge in [0.1, 0.15) is 10.3 Å². The van der Waals surface area contributed by atoms with E-state index in [4.69, 9.17) is 10.4 Å². The van der Waals surface area contributed by atoms with Crippen molar-refractivity contribution in [3.8, 4) is 0 Å². The second-order valence-electron chi connectivity index (χ2n) is 5.62. The van der Waals surface area contributed by atoms with Crippen LogP contribution in [0.5, 0.6) is 0 Å². The van der Waals surface area contributed by atoms with Crippen LogP contribution in [-0.4, -0.2) is 15.3 Å². The highest BCUT2D eigenvalue weighted by Crippen LogP contribution is 2.36. The number of hydrogen-bond donors (Lipinski definition) is 1. The van der Waals surface area contributed by atoms with E-state index in [9.17, 15) is 0 Å². The van der Waals surface area contributed by atoms with Gasteiger partial charge in [0.15, 0.2) is 5.16 Å². The van der Waals surface area contributed by atoms with Crippen molar-refractivity contribution in [3.05, 3.63) is 28.6 Å². The largest absolute Gasteiger partial charge is 0.306 e. The quantitative estimate of drug-likeness (QED) is 0.526. The highest BCUT2D eigenvalue weighted by atomic mass is 32.2. The van der Waals surface area contributed by atoms with Crippen LogP contribution < -0.4 is 5.49 Å². The molecule has 0 fully saturated rings. The van der Waals surface area contributed by atoms with Crippen LogP contribution in [0, 0.1) is 11.3 Å². The van der Waals surface area contributed by atoms with Crippen molar-refractivity contribution in [3.63, 3.8) is 0 Å². The molecule has 1 N–H and O–H groups in total. The maximum absolute atomic E-state index is 8.61. The molecule has 0 saturated heterocycles. The normalized spacial score (nSPS) is 17.9. The first-order valence-electron chi connectivity index (χ1n) is 7.49. The van der Waals surface area contributed by atoms with Gasteiger partial charge in [-0.1, -0.05) is 24.8 Å². The van der Waals surface area contributed by atoms with E-state index in [0.717, 1.165) is 46.4 Å². The van der Waals surface area contributed by atoms with Crippen LogP contribution in [0.4, 0.5) is 0 Å². The van der Waals surface area contributed by atoms with Gasteiger partial charge >= 0.3 is 0 Å². The summed E-state index contributed by atoms with van der Waals surface area (Å²) in [5, 5.41) is 10.7. The molecule has 0 aliphatic heterocycles. The molecule has 21 heavy (non-hydrogen) atoms. The number of fused-ring (bicyclic) bond motifs is 3. The zero-order valence-electron chi connectivity index (χ0n) is 12.6. The summed E-state index contributed by atoms with van der Waals surface area (Å²) in [4.78, 5) is 7.36. The van der Waals surface area contributed by atoms with Crippen LogP contribution in [0.15, 0.2) is 17.8 Å². The third kappa shape index (κ3) is 2.57. The highest BCUT2D eigenvalue weighted by Gasteiger charge is 2.23. The Balaban J connectivity index is 2.21. The molecule has 1 atom stereocenters. The summed E-state index contributed by atoms with van der Waals surface area (Å²) in [5.41, 5.74) is 2.04. The van der Waals surface area contributed by atoms with E-state index in [1.54, 1.807) is 23.1 Å². The van der Waals surface area contributed by atoms with Gasteiger partial charge in [0.05, 0.1) is 5.39 Å². The Hall–Kier alpha value is -1.07. The van der Waals surface area contributed by atoms with Gasteiger partial charge in [0.2, 0.25) is 0 Å². The minimum atomic E-state index is 0.640. The first-order chi connectivity index (χ1) is 10.2. The molecule has 3 rings (SSSR count). The third-order valence-electron chi connectivity index (χ3n) is 4.07. The van der Waals surface area contributed by atoms with Crippen molar-refractivity contribution in [2.24, 2.45) is 5.92 Å². The van der Waals surface area contributed by atoms with Gasteiger partial charge < -0.3 is 4.57 Å². The van der Waals surface area contributed by atoms with Crippen molar-refractivity contribution < 1.29 is 0 Å². The van der Waals surface area contributed by atoms with E-state index in [-0.39, 0.29) is 0 Å². The van der Waals surface area contributed by atoms with Crippen LogP contribution in [0.2, 0.25) is 0 Å². The summed E-state index contributed by atoms with van der Waals surface area (Å²) in [6.45, 7) is 8.98. The fraction of sp³-hybridized carbons (Fsp3) is 0.500. The number of nitrogens with one attached hydrogen (secondary N) is 1. The summed E-state index contributed by atoms with van der Waals surface area (Å²) < 4.78 is 2.03. The lowest BCUT2D eigenvalue weighted by Gasteiger charge is -2.18. The van der Waals surface area contributed by atoms with Gasteiger partial charge in [-0.2, -0.15) is 0 Å². The monoisotopic (exact) mass is 319 g/mol. The topological polar surface area (TPSA) is 41.7 Å². The van der Waals surface area contributed by atoms with Crippen molar-refractivity contribution in [2.75, 3.05) is 5.75 Å². The summed E-state index contributed by atoms with van der Waals surface area (Å²) in [5.74, 6) is 1.59. The molecule has 0 aromatic carbocycles. The number of hydrogen-bond acceptors (Lipinski definition) is 4. The molecular formula is C16H21N3S2. The number of thiophene rings is 1. The van der Waals surface area contributed by atoms with E-state index >= 15 is 0 Å². The van der Waals surface area contributed by atoms with Gasteiger partial charge in [-0.15, -0.1) is 17.9 Å². The van der Waals surface area contributed by atoms with E-state index in [1.807, 2.05) is 10.6 Å². The lowest BCUT2D eigenvalue weighted by Crippen LogP contribution is -2.23. The van der Waals surface area contributed by atoms with Gasteiger partial charge in [0, 0.05) is 17.2 Å². The predicted octanol–water partition coefficient (Wildman–Crippen LogP) is 4.00. The first-order valence-corrected chi connectivity index (χ1v) is 9.29. The minimum Gasteiger partial charge on any atom is -0.306 e. The molecule has 0 bridgehead atoms. The molecule has 0 saturated carbocycles. The second kappa shape index (κ2) is 5.97. The SMILES string of the molecule is C=CCSc1nc2sc3c(c2c(=N)n1CC)CCC(C)C3. The summed E-state index contributed by atoms with van der Waals surface area (Å²) in [6, 6.07) is 0. The minimum absolute atomic E-state index is 0.640. The van der Waals surface area contributed by atoms with Gasteiger partial charge in [-0.05, 0) is 37.7 Å². The first kappa shape index (κ1) is 14.9. The van der Waals surface area contributed by atoms with Crippen molar-refractivity contribution in [1.82, 2.24) is 9.55 Å². The zero-order valence-corrected chi connectivity index (χ0v) is 14.2. The van der Waals surface area contributed by atoms with Crippen LogP contribution >= 0.6 is 23.1 Å². The lowest BCUT2D eigenvalue weighted by atomic mass is 9.89. The number of rotatable bonds is 4. The van der Waals surface area contributed by atoms with Crippen LogP contribution in [0.1, 0.15) is 30.7 Å². The molecule has 2 aromatic heterocycles. The van der Waals surface area contributed by atoms with Crippen molar-refractivity contribution in [1.29, 1.82) is 5.41 Å². The Morgan fingerprint density at radius 2 is 2.38 bits per heavy atom. The average molecular weight is 319 g/mol. The standard InChI is InChI=1S/C16H21N3S2/c1-4-8-20-16-18-15-13(14(17)19(16)5-2)11-7-6-10(3)9-12(11)21-15/h4,10,17H,1,5-9H2,2-3H3. The second-order valence-corrected chi connectivity index (χ2v) is 7.69. The van der Waals surface area contributed by atoms with Crippen molar-refractivity contribution in [2.45, 2.75) is 44.8 Å². The number of aromatic nitrogens is 2. The maximum Gasteiger partial charge on any atom is 0.171 e. The summed E-state index contributed by atoms with van der Waals surface area (Å²) >= 11 is 3.47. The number of aryl methyl sites for hydroxylation is 1. The van der Waals surface area contributed by atoms with Gasteiger partial charge in [-0.25, -0.2) is 4.98 Å². The van der Waals surface area contributed by atoms with Crippen molar-refractivity contribution >= 4 is 33.3 Å². The Kier molecular flexibility index (Phi) is 4.22. The van der Waals surface area contributed by atoms with E-state index < -0.39 is 0 Å². The van der Waals surface area contributed by atoms with E-state index in [1.165, 1.54) is 16.9 Å². The molecule has 1 aliphatic carbocycles. The Morgan fingerprint density at radius 3 is 3.10 bits per heavy atom. The summed E-state index contributed by atoms with van der Waals surface area (Å²) in [6.07, 6.45) is 5.38. The molecule has 0 amide bonds. The molecule has 3 nitrogen and oxygen atoms in total. The molecular weight excluding hydrogens is 298 g/mol. The molecule has 0 spiro atoms. The third-order valence-corrected chi connectivity index (χ3v) is 6.19. The predicted molar refractivity (Wildman–Crippen MR) is 91.2 cm³/mol. The Morgan fingerprint density at radius 1 is 1.57 bits per heavy atom. The van der Waals surface area contributed by atoms with E-state index in [2.05, 4.69) is 20.4 Å². The fourth-order valence-electron chi connectivity index (χ4n) is 2.97. The van der Waals surface area contributed by atoms with Gasteiger partial charge in [0.25, 0.3) is 0 Å². The molecule has 2 aromatic rings. The smallest absolute Gasteiger partial charge is 0.171 e. The molecule has 2 heterocycles. The molecule has 5 heteroatoms. The molecule has 1 unspecified atom stereocenters. The molecule has 0 radical (unpaired) electrons. The maximum atomic E-state index is 8.61. The average Bonchev–Trinajstić information content (AvgIpc) is 2.82. The van der Waals surface area contributed by atoms with Crippen LogP contribution in [0.3, 0.4) is 0 Å². The Bertz CT molecular complexity index is 742. The van der Waals surface area contributed by atoms with E-state index in [0.29, 0.717) is 5.49 Å². The lowest BCUT2D eigenvalue weighted by molar-refractivity contribution is 0.508.